The van der Waals surface area contributed by atoms with Crippen molar-refractivity contribution in [3.63, 3.8) is 0 Å². The molecule has 0 saturated heterocycles. The van der Waals surface area contributed by atoms with Crippen LogP contribution in [0.5, 0.6) is 0 Å². The van der Waals surface area contributed by atoms with E-state index in [1.54, 1.807) is 0 Å². The standard InChI is InChI=1S/C17H36N2O/c1-7-11-18-15-14(9-8-10-16(15,2)3)12-19(6)13-17(4,5)20/h14-15,18,20H,7-13H2,1-6H3. The smallest absolute Gasteiger partial charge is 0.0718 e. The molecule has 2 unspecified atom stereocenters. The molecule has 3 heteroatoms. The van der Waals surface area contributed by atoms with Crippen molar-refractivity contribution < 1.29 is 5.11 Å². The lowest BCUT2D eigenvalue weighted by molar-refractivity contribution is 0.0256. The van der Waals surface area contributed by atoms with E-state index in [1.807, 2.05) is 13.8 Å². The minimum Gasteiger partial charge on any atom is -0.389 e. The van der Waals surface area contributed by atoms with Gasteiger partial charge in [0.15, 0.2) is 0 Å². The first-order valence-electron chi connectivity index (χ1n) is 8.30. The second kappa shape index (κ2) is 7.24. The van der Waals surface area contributed by atoms with Crippen LogP contribution < -0.4 is 5.32 Å². The molecule has 0 amide bonds. The minimum absolute atomic E-state index is 0.383. The second-order valence-corrected chi connectivity index (χ2v) is 8.08. The molecule has 0 aromatic carbocycles. The van der Waals surface area contributed by atoms with E-state index in [2.05, 4.69) is 38.0 Å². The summed E-state index contributed by atoms with van der Waals surface area (Å²) >= 11 is 0. The van der Waals surface area contributed by atoms with Crippen molar-refractivity contribution in [2.45, 2.75) is 71.9 Å². The van der Waals surface area contributed by atoms with Crippen LogP contribution in [-0.2, 0) is 0 Å². The first-order chi connectivity index (χ1) is 9.15. The van der Waals surface area contributed by atoms with Crippen molar-refractivity contribution in [1.82, 2.24) is 10.2 Å². The third kappa shape index (κ3) is 5.71. The molecule has 1 aliphatic rings. The third-order valence-electron chi connectivity index (χ3n) is 4.53. The van der Waals surface area contributed by atoms with Crippen LogP contribution in [0.1, 0.15) is 60.3 Å². The Balaban J connectivity index is 2.64. The van der Waals surface area contributed by atoms with Crippen LogP contribution in [-0.4, -0.2) is 48.3 Å². The summed E-state index contributed by atoms with van der Waals surface area (Å²) in [5.74, 6) is 0.692. The SMILES string of the molecule is CCCNC1C(CN(C)CC(C)(C)O)CCCC1(C)C. The van der Waals surface area contributed by atoms with E-state index in [0.717, 1.165) is 19.6 Å². The van der Waals surface area contributed by atoms with E-state index in [1.165, 1.54) is 25.7 Å². The van der Waals surface area contributed by atoms with E-state index in [0.29, 0.717) is 17.4 Å². The molecule has 1 rings (SSSR count). The molecule has 0 bridgehead atoms. The predicted octanol–water partition coefficient (Wildman–Crippen LogP) is 2.88. The molecule has 0 aromatic rings. The van der Waals surface area contributed by atoms with Gasteiger partial charge in [-0.2, -0.15) is 0 Å². The molecule has 2 N–H and O–H groups in total. The highest BCUT2D eigenvalue weighted by molar-refractivity contribution is 4.94. The molecule has 1 fully saturated rings. The highest BCUT2D eigenvalue weighted by atomic mass is 16.3. The van der Waals surface area contributed by atoms with Gasteiger partial charge >= 0.3 is 0 Å². The van der Waals surface area contributed by atoms with Crippen molar-refractivity contribution in [3.8, 4) is 0 Å². The van der Waals surface area contributed by atoms with Crippen LogP contribution in [0, 0.1) is 11.3 Å². The van der Waals surface area contributed by atoms with Crippen molar-refractivity contribution in [2.24, 2.45) is 11.3 Å². The van der Waals surface area contributed by atoms with E-state index in [4.69, 9.17) is 0 Å². The summed E-state index contributed by atoms with van der Waals surface area (Å²) in [6, 6.07) is 0.598. The van der Waals surface area contributed by atoms with Crippen molar-refractivity contribution >= 4 is 0 Å². The van der Waals surface area contributed by atoms with Gasteiger partial charge in [0.1, 0.15) is 0 Å². The maximum absolute atomic E-state index is 9.97. The Bertz CT molecular complexity index is 283. The van der Waals surface area contributed by atoms with Gasteiger partial charge in [0, 0.05) is 19.1 Å². The number of hydrogen-bond acceptors (Lipinski definition) is 3. The average Bonchev–Trinajstić information content (AvgIpc) is 2.24. The normalized spacial score (nSPS) is 27.0. The molecular formula is C17H36N2O. The summed E-state index contributed by atoms with van der Waals surface area (Å²) in [5.41, 5.74) is -0.223. The quantitative estimate of drug-likeness (QED) is 0.754. The van der Waals surface area contributed by atoms with Crippen LogP contribution in [0.4, 0.5) is 0 Å². The molecule has 1 aliphatic carbocycles. The zero-order chi connectivity index (χ0) is 15.4. The first kappa shape index (κ1) is 17.9. The number of hydrogen-bond donors (Lipinski definition) is 2. The molecule has 2 atom stereocenters. The predicted molar refractivity (Wildman–Crippen MR) is 87.0 cm³/mol. The van der Waals surface area contributed by atoms with Gasteiger partial charge in [-0.1, -0.05) is 27.2 Å². The summed E-state index contributed by atoms with van der Waals surface area (Å²) in [5, 5.41) is 13.8. The topological polar surface area (TPSA) is 35.5 Å². The molecular weight excluding hydrogens is 248 g/mol. The Labute approximate surface area is 126 Å². The average molecular weight is 284 g/mol. The lowest BCUT2D eigenvalue weighted by Crippen LogP contribution is -2.53. The summed E-state index contributed by atoms with van der Waals surface area (Å²) in [6.45, 7) is 13.8. The lowest BCUT2D eigenvalue weighted by Gasteiger charge is -2.46. The Kier molecular flexibility index (Phi) is 6.49. The molecule has 0 aromatic heterocycles. The minimum atomic E-state index is -0.606. The molecule has 0 radical (unpaired) electrons. The van der Waals surface area contributed by atoms with Gasteiger partial charge in [-0.25, -0.2) is 0 Å². The van der Waals surface area contributed by atoms with E-state index in [-0.39, 0.29) is 0 Å². The Morgan fingerprint density at radius 3 is 2.55 bits per heavy atom. The van der Waals surface area contributed by atoms with Gasteiger partial charge in [0.2, 0.25) is 0 Å². The van der Waals surface area contributed by atoms with E-state index in [9.17, 15) is 5.11 Å². The Morgan fingerprint density at radius 2 is 2.00 bits per heavy atom. The monoisotopic (exact) mass is 284 g/mol. The number of rotatable bonds is 7. The van der Waals surface area contributed by atoms with E-state index < -0.39 is 5.60 Å². The van der Waals surface area contributed by atoms with Crippen molar-refractivity contribution in [2.75, 3.05) is 26.7 Å². The van der Waals surface area contributed by atoms with Gasteiger partial charge in [0.05, 0.1) is 5.60 Å². The zero-order valence-corrected chi connectivity index (χ0v) is 14.5. The van der Waals surface area contributed by atoms with Gasteiger partial charge in [-0.05, 0) is 58.0 Å². The molecule has 0 heterocycles. The number of nitrogens with zero attached hydrogens (tertiary/aromatic N) is 1. The summed E-state index contributed by atoms with van der Waals surface area (Å²) in [7, 11) is 2.14. The first-order valence-corrected chi connectivity index (χ1v) is 8.30. The van der Waals surface area contributed by atoms with Gasteiger partial charge in [0.25, 0.3) is 0 Å². The zero-order valence-electron chi connectivity index (χ0n) is 14.5. The van der Waals surface area contributed by atoms with Crippen LogP contribution in [0.15, 0.2) is 0 Å². The fraction of sp³-hybridized carbons (Fsp3) is 1.00. The summed E-state index contributed by atoms with van der Waals surface area (Å²) in [4.78, 5) is 2.30. The second-order valence-electron chi connectivity index (χ2n) is 8.08. The highest BCUT2D eigenvalue weighted by Crippen LogP contribution is 2.39. The van der Waals surface area contributed by atoms with Crippen LogP contribution in [0.3, 0.4) is 0 Å². The van der Waals surface area contributed by atoms with E-state index >= 15 is 0 Å². The van der Waals surface area contributed by atoms with Gasteiger partial charge in [-0.15, -0.1) is 0 Å². The summed E-state index contributed by atoms with van der Waals surface area (Å²) < 4.78 is 0. The maximum atomic E-state index is 9.97. The molecule has 20 heavy (non-hydrogen) atoms. The lowest BCUT2D eigenvalue weighted by atomic mass is 9.67. The van der Waals surface area contributed by atoms with Crippen LogP contribution in [0.25, 0.3) is 0 Å². The Morgan fingerprint density at radius 1 is 1.35 bits per heavy atom. The van der Waals surface area contributed by atoms with Crippen molar-refractivity contribution in [1.29, 1.82) is 0 Å². The van der Waals surface area contributed by atoms with Crippen molar-refractivity contribution in [3.05, 3.63) is 0 Å². The maximum Gasteiger partial charge on any atom is 0.0718 e. The molecule has 0 aliphatic heterocycles. The Hall–Kier alpha value is -0.120. The largest absolute Gasteiger partial charge is 0.389 e. The van der Waals surface area contributed by atoms with Crippen LogP contribution in [0.2, 0.25) is 0 Å². The molecule has 1 saturated carbocycles. The van der Waals surface area contributed by atoms with Gasteiger partial charge < -0.3 is 15.3 Å². The number of likely N-dealkylation sites (N-methyl/N-ethyl adjacent to an activating group) is 1. The molecule has 0 spiro atoms. The van der Waals surface area contributed by atoms with Crippen LogP contribution >= 0.6 is 0 Å². The highest BCUT2D eigenvalue weighted by Gasteiger charge is 2.38. The fourth-order valence-electron chi connectivity index (χ4n) is 3.85. The molecule has 120 valence electrons. The number of aliphatic hydroxyl groups is 1. The molecule has 3 nitrogen and oxygen atoms in total. The van der Waals surface area contributed by atoms with Gasteiger partial charge in [-0.3, -0.25) is 0 Å². The number of nitrogens with one attached hydrogen (secondary N) is 1. The summed E-state index contributed by atoms with van der Waals surface area (Å²) in [6.07, 6.45) is 5.15. The third-order valence-corrected chi connectivity index (χ3v) is 4.53. The fourth-order valence-corrected chi connectivity index (χ4v) is 3.85.